The molecule has 1 N–H and O–H groups in total. The number of benzene rings is 3. The molecule has 0 bridgehead atoms. The first-order valence-electron chi connectivity index (χ1n) is 9.25. The van der Waals surface area contributed by atoms with Gasteiger partial charge in [0, 0.05) is 13.6 Å². The maximum atomic E-state index is 11.4. The third-order valence-electron chi connectivity index (χ3n) is 4.37. The average Bonchev–Trinajstić information content (AvgIpc) is 2.85. The molecular weight excluding hydrogens is 511 g/mol. The van der Waals surface area contributed by atoms with Crippen molar-refractivity contribution in [2.75, 3.05) is 0 Å². The third kappa shape index (κ3) is 6.88. The van der Waals surface area contributed by atoms with Crippen LogP contribution in [0.4, 0.5) is 0 Å². The Balaban J connectivity index is 0.000000264. The zero-order chi connectivity index (χ0) is 21.1. The summed E-state index contributed by atoms with van der Waals surface area (Å²) in [6, 6.07) is 35.0. The van der Waals surface area contributed by atoms with Crippen LogP contribution in [0.3, 0.4) is 0 Å². The van der Waals surface area contributed by atoms with Gasteiger partial charge in [-0.05, 0) is 23.3 Å². The van der Waals surface area contributed by atoms with Gasteiger partial charge in [0.15, 0.2) is 5.60 Å². The second-order valence-electron chi connectivity index (χ2n) is 6.25. The van der Waals surface area contributed by atoms with E-state index in [1.54, 1.807) is 18.0 Å². The zero-order valence-corrected chi connectivity index (χ0v) is 20.4. The molecule has 0 aliphatic heterocycles. The van der Waals surface area contributed by atoms with Crippen LogP contribution in [-0.2, 0) is 21.3 Å². The molecule has 31 heavy (non-hydrogen) atoms. The summed E-state index contributed by atoms with van der Waals surface area (Å²) in [6.45, 7) is 0. The van der Waals surface area contributed by atoms with E-state index in [4.69, 9.17) is 9.69 Å². The van der Waals surface area contributed by atoms with Gasteiger partial charge in [0.05, 0.1) is 5.69 Å². The quantitative estimate of drug-likeness (QED) is 0.178. The van der Waals surface area contributed by atoms with Crippen molar-refractivity contribution >= 4 is 25.4 Å². The molecule has 3 aromatic carbocycles. The van der Waals surface area contributed by atoms with Gasteiger partial charge >= 0.3 is 76.3 Å². The molecule has 1 aromatic heterocycles. The van der Waals surface area contributed by atoms with Crippen LogP contribution >= 0.6 is 21.5 Å². The molecule has 0 aliphatic carbocycles. The molecule has 0 unspecified atom stereocenters. The summed E-state index contributed by atoms with van der Waals surface area (Å²) in [6.07, 6.45) is 1.70. The molecule has 0 fully saturated rings. The normalized spacial score (nSPS) is 10.9. The van der Waals surface area contributed by atoms with E-state index < -0.39 is 5.60 Å². The van der Waals surface area contributed by atoms with Crippen molar-refractivity contribution in [2.45, 2.75) is 10.5 Å². The third-order valence-corrected chi connectivity index (χ3v) is 7.26. The Hall–Kier alpha value is -2.23. The van der Waals surface area contributed by atoms with Gasteiger partial charge in [-0.2, -0.15) is 0 Å². The van der Waals surface area contributed by atoms with E-state index in [1.807, 2.05) is 97.1 Å². The molecule has 1 heterocycles. The summed E-state index contributed by atoms with van der Waals surface area (Å²) in [4.78, 5) is 5.62. The van der Waals surface area contributed by atoms with Crippen molar-refractivity contribution < 1.29 is 20.8 Å². The number of nitrogens with zero attached hydrogens (tertiary/aromatic N) is 1. The Kier molecular flexibility index (Phi) is 10.7. The van der Waals surface area contributed by atoms with Gasteiger partial charge < -0.3 is 5.11 Å². The van der Waals surface area contributed by atoms with Crippen LogP contribution in [0.15, 0.2) is 120 Å². The standard InChI is InChI=1S/C18H15NO.C7H6S.CH3.ClH.Ru/c20-18(15-9-3-1-4-10-15,16-11-5-2-6-12-16)17-13-7-8-14-19-17;1-8-7-5-3-2-4-6-7;;;/h1-14,20H;1-6H;1H3;1H;/q;;+1;;+1/p-1. The SMILES string of the molecule is OC(c1ccccc1)(c1ccccc1)c1ccccn1.[CH3+].[Cl][Ru]=[CH]Sc1ccccc1. The number of hydrogen-bond donors (Lipinski definition) is 1. The minimum absolute atomic E-state index is 0. The van der Waals surface area contributed by atoms with Crippen LogP contribution in [0.2, 0.25) is 0 Å². The maximum absolute atomic E-state index is 11.4. The number of thioether (sulfide) groups is 1. The van der Waals surface area contributed by atoms with E-state index >= 15 is 0 Å². The predicted octanol–water partition coefficient (Wildman–Crippen LogP) is 6.59. The van der Waals surface area contributed by atoms with Gasteiger partial charge in [-0.25, -0.2) is 0 Å². The fraction of sp³-hybridized carbons (Fsp3) is 0.0385. The molecule has 2 nitrogen and oxygen atoms in total. The van der Waals surface area contributed by atoms with Crippen molar-refractivity contribution in [1.82, 2.24) is 4.98 Å². The first-order valence-corrected chi connectivity index (χ1v) is 13.4. The first kappa shape index (κ1) is 25.0. The van der Waals surface area contributed by atoms with E-state index in [1.165, 1.54) is 4.90 Å². The van der Waals surface area contributed by atoms with Crippen LogP contribution in [0.5, 0.6) is 0 Å². The minimum atomic E-state index is -1.23. The molecule has 4 rings (SSSR count). The van der Waals surface area contributed by atoms with E-state index in [9.17, 15) is 5.11 Å². The molecule has 0 saturated carbocycles. The Morgan fingerprint density at radius 1 is 0.742 bits per heavy atom. The summed E-state index contributed by atoms with van der Waals surface area (Å²) in [5.74, 6) is 0. The molecule has 5 heteroatoms. The monoisotopic (exact) mass is 535 g/mol. The summed E-state index contributed by atoms with van der Waals surface area (Å²) >= 11 is 1.64. The number of rotatable bonds is 5. The van der Waals surface area contributed by atoms with Crippen LogP contribution in [0.1, 0.15) is 16.8 Å². The topological polar surface area (TPSA) is 33.1 Å². The molecule has 0 aliphatic rings. The van der Waals surface area contributed by atoms with Gasteiger partial charge in [-0.1, -0.05) is 66.7 Å². The molecule has 0 radical (unpaired) electrons. The van der Waals surface area contributed by atoms with Crippen LogP contribution in [0.25, 0.3) is 0 Å². The molecular formula is C26H24ClNORuS+. The van der Waals surface area contributed by atoms with Gasteiger partial charge in [0.1, 0.15) is 0 Å². The van der Waals surface area contributed by atoms with Crippen LogP contribution in [0, 0.1) is 7.43 Å². The van der Waals surface area contributed by atoms with Gasteiger partial charge in [0.25, 0.3) is 0 Å². The van der Waals surface area contributed by atoms with Crippen molar-refractivity contribution in [1.29, 1.82) is 0 Å². The van der Waals surface area contributed by atoms with Gasteiger partial charge in [0.2, 0.25) is 0 Å². The summed E-state index contributed by atoms with van der Waals surface area (Å²) in [5.41, 5.74) is 1.01. The van der Waals surface area contributed by atoms with Crippen molar-refractivity contribution in [3.63, 3.8) is 0 Å². The second-order valence-corrected chi connectivity index (χ2v) is 9.64. The molecule has 159 valence electrons. The molecule has 4 aromatic rings. The van der Waals surface area contributed by atoms with Crippen molar-refractivity contribution in [3.05, 3.63) is 140 Å². The first-order chi connectivity index (χ1) is 14.7. The number of aromatic nitrogens is 1. The van der Waals surface area contributed by atoms with E-state index in [0.717, 1.165) is 11.1 Å². The van der Waals surface area contributed by atoms with Crippen molar-refractivity contribution in [3.8, 4) is 0 Å². The fourth-order valence-electron chi connectivity index (χ4n) is 2.96. The summed E-state index contributed by atoms with van der Waals surface area (Å²) < 4.78 is 2.06. The molecule has 0 atom stereocenters. The summed E-state index contributed by atoms with van der Waals surface area (Å²) in [5, 5.41) is 11.4. The Morgan fingerprint density at radius 2 is 1.23 bits per heavy atom. The average molecular weight is 535 g/mol. The Morgan fingerprint density at radius 3 is 1.68 bits per heavy atom. The number of halogens is 1. The molecule has 0 amide bonds. The fourth-order valence-corrected chi connectivity index (χ4v) is 4.90. The Bertz CT molecular complexity index is 935. The van der Waals surface area contributed by atoms with Crippen LogP contribution < -0.4 is 0 Å². The van der Waals surface area contributed by atoms with E-state index in [0.29, 0.717) is 5.69 Å². The molecule has 0 saturated heterocycles. The number of hydrogen-bond acceptors (Lipinski definition) is 3. The number of aliphatic hydroxyl groups is 1. The summed E-state index contributed by atoms with van der Waals surface area (Å²) in [7, 11) is 5.57. The van der Waals surface area contributed by atoms with Gasteiger partial charge in [-0.3, -0.25) is 4.98 Å². The zero-order valence-electron chi connectivity index (χ0n) is 17.1. The van der Waals surface area contributed by atoms with Crippen LogP contribution in [-0.4, -0.2) is 14.0 Å². The second kappa shape index (κ2) is 13.2. The van der Waals surface area contributed by atoms with E-state index in [-0.39, 0.29) is 23.1 Å². The molecule has 0 spiro atoms. The Labute approximate surface area is 200 Å². The number of pyridine rings is 1. The van der Waals surface area contributed by atoms with Gasteiger partial charge in [-0.15, -0.1) is 0 Å². The predicted molar refractivity (Wildman–Crippen MR) is 130 cm³/mol. The van der Waals surface area contributed by atoms with Crippen molar-refractivity contribution in [2.24, 2.45) is 0 Å². The van der Waals surface area contributed by atoms with E-state index in [2.05, 4.69) is 21.1 Å².